The maximum atomic E-state index is 10.8. The molecular formula is C20H16N2O2S. The lowest BCUT2D eigenvalue weighted by Crippen LogP contribution is -2.00. The Balaban J connectivity index is 1.65. The molecule has 2 aromatic heterocycles. The minimum Gasteiger partial charge on any atom is -0.481 e. The molecule has 0 saturated carbocycles. The Labute approximate surface area is 148 Å². The van der Waals surface area contributed by atoms with Crippen LogP contribution in [0, 0.1) is 0 Å². The number of carbonyl (C=O) groups is 1. The van der Waals surface area contributed by atoms with E-state index in [0.29, 0.717) is 6.42 Å². The third-order valence-electron chi connectivity index (χ3n) is 4.16. The second kappa shape index (κ2) is 6.53. The van der Waals surface area contributed by atoms with Crippen molar-refractivity contribution in [2.24, 2.45) is 0 Å². The molecule has 0 radical (unpaired) electrons. The fourth-order valence-electron chi connectivity index (χ4n) is 2.91. The van der Waals surface area contributed by atoms with E-state index >= 15 is 0 Å². The van der Waals surface area contributed by atoms with Crippen LogP contribution in [0.15, 0.2) is 54.0 Å². The number of aliphatic carboxylic acids is 1. The number of imidazole rings is 1. The first-order valence-electron chi connectivity index (χ1n) is 8.03. The molecule has 0 spiro atoms. The summed E-state index contributed by atoms with van der Waals surface area (Å²) < 4.78 is 2.03. The molecule has 1 N–H and O–H groups in total. The first kappa shape index (κ1) is 15.6. The Morgan fingerprint density at radius 2 is 2.00 bits per heavy atom. The highest BCUT2D eigenvalue weighted by Gasteiger charge is 2.09. The summed E-state index contributed by atoms with van der Waals surface area (Å²) in [6.45, 7) is 0. The van der Waals surface area contributed by atoms with Gasteiger partial charge in [0.15, 0.2) is 4.96 Å². The second-order valence-corrected chi connectivity index (χ2v) is 6.70. The zero-order chi connectivity index (χ0) is 17.2. The average Bonchev–Trinajstić information content (AvgIpc) is 3.20. The van der Waals surface area contributed by atoms with Gasteiger partial charge in [-0.3, -0.25) is 9.20 Å². The van der Waals surface area contributed by atoms with Crippen molar-refractivity contribution in [1.82, 2.24) is 9.38 Å². The topological polar surface area (TPSA) is 54.6 Å². The lowest BCUT2D eigenvalue weighted by molar-refractivity contribution is -0.136. The van der Waals surface area contributed by atoms with Crippen molar-refractivity contribution in [2.45, 2.75) is 12.8 Å². The quantitative estimate of drug-likeness (QED) is 0.567. The van der Waals surface area contributed by atoms with Crippen molar-refractivity contribution >= 4 is 45.2 Å². The summed E-state index contributed by atoms with van der Waals surface area (Å²) in [7, 11) is 0. The number of hydrogen-bond acceptors (Lipinski definition) is 3. The highest BCUT2D eigenvalue weighted by Crippen LogP contribution is 2.22. The van der Waals surface area contributed by atoms with Crippen molar-refractivity contribution in [2.75, 3.05) is 0 Å². The normalized spacial score (nSPS) is 11.7. The highest BCUT2D eigenvalue weighted by atomic mass is 32.1. The third kappa shape index (κ3) is 3.19. The van der Waals surface area contributed by atoms with Gasteiger partial charge in [-0.1, -0.05) is 42.5 Å². The van der Waals surface area contributed by atoms with Gasteiger partial charge in [0, 0.05) is 11.1 Å². The van der Waals surface area contributed by atoms with Crippen molar-refractivity contribution in [3.8, 4) is 0 Å². The van der Waals surface area contributed by atoms with Gasteiger partial charge in [-0.25, -0.2) is 4.98 Å². The van der Waals surface area contributed by atoms with Gasteiger partial charge in [0.2, 0.25) is 0 Å². The SMILES string of the molecule is O=C(O)CCc1csc2ncc(C=Cc3ccc4ccccc4c3)n12. The largest absolute Gasteiger partial charge is 0.481 e. The Hall–Kier alpha value is -2.92. The molecule has 0 aliphatic carbocycles. The van der Waals surface area contributed by atoms with Crippen molar-refractivity contribution in [3.63, 3.8) is 0 Å². The Bertz CT molecular complexity index is 1090. The summed E-state index contributed by atoms with van der Waals surface area (Å²) in [5.74, 6) is -0.785. The van der Waals surface area contributed by atoms with Crippen LogP contribution in [-0.4, -0.2) is 20.5 Å². The minimum atomic E-state index is -0.785. The molecule has 0 unspecified atom stereocenters. The zero-order valence-corrected chi connectivity index (χ0v) is 14.2. The van der Waals surface area contributed by atoms with Gasteiger partial charge in [-0.05, 0) is 34.9 Å². The molecule has 2 heterocycles. The first-order valence-corrected chi connectivity index (χ1v) is 8.91. The number of fused-ring (bicyclic) bond motifs is 2. The molecule has 0 saturated heterocycles. The van der Waals surface area contributed by atoms with Crippen molar-refractivity contribution < 1.29 is 9.90 Å². The first-order chi connectivity index (χ1) is 12.2. The molecule has 0 aliphatic rings. The second-order valence-electron chi connectivity index (χ2n) is 5.86. The van der Waals surface area contributed by atoms with Gasteiger partial charge in [-0.2, -0.15) is 0 Å². The number of carboxylic acids is 1. The van der Waals surface area contributed by atoms with Crippen LogP contribution in [0.3, 0.4) is 0 Å². The number of thiazole rings is 1. The van der Waals surface area contributed by atoms with Gasteiger partial charge in [-0.15, -0.1) is 11.3 Å². The molecule has 4 aromatic rings. The smallest absolute Gasteiger partial charge is 0.303 e. The summed E-state index contributed by atoms with van der Waals surface area (Å²) in [6.07, 6.45) is 6.55. The Kier molecular flexibility index (Phi) is 4.07. The van der Waals surface area contributed by atoms with E-state index in [0.717, 1.165) is 21.9 Å². The number of benzene rings is 2. The van der Waals surface area contributed by atoms with E-state index in [2.05, 4.69) is 41.4 Å². The molecule has 124 valence electrons. The lowest BCUT2D eigenvalue weighted by Gasteiger charge is -2.01. The van der Waals surface area contributed by atoms with E-state index in [1.165, 1.54) is 22.1 Å². The molecular weight excluding hydrogens is 332 g/mol. The third-order valence-corrected chi connectivity index (χ3v) is 5.05. The lowest BCUT2D eigenvalue weighted by atomic mass is 10.1. The molecule has 25 heavy (non-hydrogen) atoms. The predicted octanol–water partition coefficient (Wildman–Crippen LogP) is 4.74. The van der Waals surface area contributed by atoms with Crippen LogP contribution >= 0.6 is 11.3 Å². The predicted molar refractivity (Wildman–Crippen MR) is 102 cm³/mol. The van der Waals surface area contributed by atoms with Crippen LogP contribution in [0.5, 0.6) is 0 Å². The number of carboxylic acid groups (broad SMARTS) is 1. The average molecular weight is 348 g/mol. The number of rotatable bonds is 5. The Morgan fingerprint density at radius 3 is 2.84 bits per heavy atom. The maximum Gasteiger partial charge on any atom is 0.303 e. The summed E-state index contributed by atoms with van der Waals surface area (Å²) in [6, 6.07) is 14.6. The van der Waals surface area contributed by atoms with Crippen LogP contribution in [-0.2, 0) is 11.2 Å². The number of nitrogens with zero attached hydrogens (tertiary/aromatic N) is 2. The van der Waals surface area contributed by atoms with E-state index in [-0.39, 0.29) is 6.42 Å². The number of hydrogen-bond donors (Lipinski definition) is 1. The van der Waals surface area contributed by atoms with Crippen molar-refractivity contribution in [3.05, 3.63) is 71.0 Å². The standard InChI is InChI=1S/C20H16N2O2S/c23-19(24)10-9-18-13-25-20-21-12-17(22(18)20)8-6-14-5-7-15-3-1-2-4-16(15)11-14/h1-8,11-13H,9-10H2,(H,23,24). The fourth-order valence-corrected chi connectivity index (χ4v) is 3.82. The van der Waals surface area contributed by atoms with E-state index in [4.69, 9.17) is 5.11 Å². The molecule has 0 aliphatic heterocycles. The summed E-state index contributed by atoms with van der Waals surface area (Å²) in [5, 5.41) is 13.3. The Morgan fingerprint density at radius 1 is 1.16 bits per heavy atom. The van der Waals surface area contributed by atoms with E-state index in [9.17, 15) is 4.79 Å². The van der Waals surface area contributed by atoms with Gasteiger partial charge in [0.1, 0.15) is 0 Å². The van der Waals surface area contributed by atoms with Crippen LogP contribution in [0.2, 0.25) is 0 Å². The van der Waals surface area contributed by atoms with Gasteiger partial charge < -0.3 is 5.11 Å². The van der Waals surface area contributed by atoms with Gasteiger partial charge in [0.25, 0.3) is 0 Å². The molecule has 5 heteroatoms. The highest BCUT2D eigenvalue weighted by molar-refractivity contribution is 7.15. The van der Waals surface area contributed by atoms with Crippen LogP contribution < -0.4 is 0 Å². The molecule has 4 rings (SSSR count). The summed E-state index contributed by atoms with van der Waals surface area (Å²) in [5.41, 5.74) is 3.07. The van der Waals surface area contributed by atoms with Gasteiger partial charge in [0.05, 0.1) is 18.3 Å². The molecule has 4 nitrogen and oxygen atoms in total. The number of aromatic nitrogens is 2. The maximum absolute atomic E-state index is 10.8. The zero-order valence-electron chi connectivity index (χ0n) is 13.4. The monoisotopic (exact) mass is 348 g/mol. The number of aryl methyl sites for hydroxylation is 1. The minimum absolute atomic E-state index is 0.123. The molecule has 2 aromatic carbocycles. The van der Waals surface area contributed by atoms with Crippen LogP contribution in [0.4, 0.5) is 0 Å². The van der Waals surface area contributed by atoms with Crippen LogP contribution in [0.25, 0.3) is 27.9 Å². The fraction of sp³-hybridized carbons (Fsp3) is 0.100. The van der Waals surface area contributed by atoms with E-state index in [1.54, 1.807) is 0 Å². The summed E-state index contributed by atoms with van der Waals surface area (Å²) in [4.78, 5) is 16.1. The molecule has 0 atom stereocenters. The molecule has 0 amide bonds. The van der Waals surface area contributed by atoms with Crippen molar-refractivity contribution in [1.29, 1.82) is 0 Å². The van der Waals surface area contributed by atoms with E-state index in [1.807, 2.05) is 34.2 Å². The summed E-state index contributed by atoms with van der Waals surface area (Å²) >= 11 is 1.54. The van der Waals surface area contributed by atoms with E-state index < -0.39 is 5.97 Å². The van der Waals surface area contributed by atoms with Gasteiger partial charge >= 0.3 is 5.97 Å². The molecule has 0 bridgehead atoms. The van der Waals surface area contributed by atoms with Crippen LogP contribution in [0.1, 0.15) is 23.4 Å². The molecule has 0 fully saturated rings.